The number of carboxylic acid groups (broad SMARTS) is 3. The predicted octanol–water partition coefficient (Wildman–Crippen LogP) is 1.19. The van der Waals surface area contributed by atoms with Crippen LogP contribution in [0.4, 0.5) is 4.79 Å². The smallest absolute Gasteiger partial charge is 0.326 e. The number of amides is 3. The van der Waals surface area contributed by atoms with Gasteiger partial charge in [-0.1, -0.05) is 12.1 Å². The zero-order chi connectivity index (χ0) is 24.3. The first-order valence-electron chi connectivity index (χ1n) is 9.76. The molecule has 0 aliphatic rings. The van der Waals surface area contributed by atoms with E-state index in [1.807, 2.05) is 24.3 Å². The summed E-state index contributed by atoms with van der Waals surface area (Å²) in [6.45, 7) is 1.71. The van der Waals surface area contributed by atoms with Gasteiger partial charge in [-0.05, 0) is 66.5 Å². The van der Waals surface area contributed by atoms with Crippen LogP contribution >= 0.6 is 22.6 Å². The number of benzene rings is 1. The minimum Gasteiger partial charge on any atom is -0.481 e. The summed E-state index contributed by atoms with van der Waals surface area (Å²) in [5, 5.41) is 34.0. The van der Waals surface area contributed by atoms with Gasteiger partial charge in [0, 0.05) is 16.0 Å². The van der Waals surface area contributed by atoms with Gasteiger partial charge < -0.3 is 31.3 Å². The molecule has 1 rings (SSSR count). The van der Waals surface area contributed by atoms with E-state index in [0.29, 0.717) is 0 Å². The van der Waals surface area contributed by atoms with Crippen molar-refractivity contribution in [1.29, 1.82) is 0 Å². The van der Waals surface area contributed by atoms with Crippen molar-refractivity contribution >= 4 is 52.4 Å². The Balaban J connectivity index is 2.52. The fourth-order valence-corrected chi connectivity index (χ4v) is 3.10. The van der Waals surface area contributed by atoms with Crippen molar-refractivity contribution in [2.45, 2.75) is 57.2 Å². The second-order valence-corrected chi connectivity index (χ2v) is 8.43. The molecule has 32 heavy (non-hydrogen) atoms. The molecular formula is C20H26IN3O8. The molecule has 0 aliphatic heterocycles. The second kappa shape index (κ2) is 13.5. The quantitative estimate of drug-likeness (QED) is 0.194. The molecule has 1 aromatic rings. The third kappa shape index (κ3) is 10.9. The standard InChI is InChI=1S/C20H26IN3O8/c1-11(22-16(25)10-12-3-5-13(21)6-4-12)2-7-14(18(28)29)23-20(32)24-15(19(30)31)8-9-17(26)27/h3-6,11,14-15H,2,7-10H2,1H3,(H,22,25)(H,26,27)(H,28,29)(H,30,31)(H2,23,24,32)/t11?,14?,15-/m0/s1. The molecule has 12 heteroatoms. The molecule has 0 aliphatic carbocycles. The number of hydrogen-bond donors (Lipinski definition) is 6. The van der Waals surface area contributed by atoms with Gasteiger partial charge in [0.25, 0.3) is 0 Å². The van der Waals surface area contributed by atoms with Crippen LogP contribution < -0.4 is 16.0 Å². The van der Waals surface area contributed by atoms with Crippen LogP contribution in [-0.4, -0.2) is 63.3 Å². The monoisotopic (exact) mass is 563 g/mol. The lowest BCUT2D eigenvalue weighted by Crippen LogP contribution is -2.51. The van der Waals surface area contributed by atoms with Crippen LogP contribution in [0, 0.1) is 3.57 Å². The molecule has 0 radical (unpaired) electrons. The molecule has 0 heterocycles. The fourth-order valence-electron chi connectivity index (χ4n) is 2.74. The lowest BCUT2D eigenvalue weighted by Gasteiger charge is -2.20. The van der Waals surface area contributed by atoms with Crippen molar-refractivity contribution in [3.05, 3.63) is 33.4 Å². The van der Waals surface area contributed by atoms with Gasteiger partial charge in [0.2, 0.25) is 5.91 Å². The predicted molar refractivity (Wildman–Crippen MR) is 121 cm³/mol. The molecule has 0 aromatic heterocycles. The Bertz CT molecular complexity index is 831. The molecule has 0 spiro atoms. The Kier molecular flexibility index (Phi) is 11.4. The van der Waals surface area contributed by atoms with Gasteiger partial charge >= 0.3 is 23.9 Å². The number of hydrogen-bond acceptors (Lipinski definition) is 5. The van der Waals surface area contributed by atoms with E-state index in [4.69, 9.17) is 10.2 Å². The van der Waals surface area contributed by atoms with Gasteiger partial charge in [-0.3, -0.25) is 9.59 Å². The van der Waals surface area contributed by atoms with Gasteiger partial charge in [0.1, 0.15) is 12.1 Å². The third-order valence-corrected chi connectivity index (χ3v) is 5.15. The highest BCUT2D eigenvalue weighted by Gasteiger charge is 2.25. The van der Waals surface area contributed by atoms with Gasteiger partial charge in [-0.2, -0.15) is 0 Å². The summed E-state index contributed by atoms with van der Waals surface area (Å²) in [4.78, 5) is 57.3. The van der Waals surface area contributed by atoms with E-state index in [2.05, 4.69) is 38.5 Å². The first-order valence-corrected chi connectivity index (χ1v) is 10.8. The van der Waals surface area contributed by atoms with Gasteiger partial charge in [0.15, 0.2) is 0 Å². The molecule has 0 saturated heterocycles. The van der Waals surface area contributed by atoms with Gasteiger partial charge in [-0.15, -0.1) is 0 Å². The molecule has 3 atom stereocenters. The molecule has 176 valence electrons. The summed E-state index contributed by atoms with van der Waals surface area (Å²) in [7, 11) is 0. The van der Waals surface area contributed by atoms with E-state index >= 15 is 0 Å². The maximum absolute atomic E-state index is 12.2. The molecule has 6 N–H and O–H groups in total. The third-order valence-electron chi connectivity index (χ3n) is 4.43. The molecule has 2 unspecified atom stereocenters. The fraction of sp³-hybridized carbons (Fsp3) is 0.450. The van der Waals surface area contributed by atoms with Crippen molar-refractivity contribution in [3.63, 3.8) is 0 Å². The van der Waals surface area contributed by atoms with Gasteiger partial charge in [0.05, 0.1) is 6.42 Å². The Labute approximate surface area is 198 Å². The lowest BCUT2D eigenvalue weighted by atomic mass is 10.1. The van der Waals surface area contributed by atoms with Crippen LogP contribution in [0.3, 0.4) is 0 Å². The molecular weight excluding hydrogens is 537 g/mol. The first-order chi connectivity index (χ1) is 15.0. The number of carbonyl (C=O) groups excluding carboxylic acids is 2. The van der Waals surface area contributed by atoms with Crippen molar-refractivity contribution in [2.24, 2.45) is 0 Å². The average molecular weight is 563 g/mol. The largest absolute Gasteiger partial charge is 0.481 e. The number of aliphatic carboxylic acids is 3. The Morgan fingerprint density at radius 2 is 1.38 bits per heavy atom. The van der Waals surface area contributed by atoms with Crippen molar-refractivity contribution in [1.82, 2.24) is 16.0 Å². The highest BCUT2D eigenvalue weighted by molar-refractivity contribution is 14.1. The van der Waals surface area contributed by atoms with E-state index in [1.54, 1.807) is 6.92 Å². The van der Waals surface area contributed by atoms with Crippen molar-refractivity contribution < 1.29 is 39.3 Å². The highest BCUT2D eigenvalue weighted by atomic mass is 127. The maximum atomic E-state index is 12.2. The Morgan fingerprint density at radius 3 is 1.88 bits per heavy atom. The summed E-state index contributed by atoms with van der Waals surface area (Å²) >= 11 is 2.16. The number of carbonyl (C=O) groups is 5. The molecule has 1 aromatic carbocycles. The molecule has 11 nitrogen and oxygen atoms in total. The summed E-state index contributed by atoms with van der Waals surface area (Å²) in [5.74, 6) is -4.20. The van der Waals surface area contributed by atoms with E-state index in [-0.39, 0.29) is 37.6 Å². The minimum absolute atomic E-state index is 0.0133. The van der Waals surface area contributed by atoms with E-state index < -0.39 is 42.4 Å². The zero-order valence-electron chi connectivity index (χ0n) is 17.3. The number of halogens is 1. The van der Waals surface area contributed by atoms with Gasteiger partial charge in [-0.25, -0.2) is 14.4 Å². The SMILES string of the molecule is CC(CCC(NC(=O)N[C@@H](CCC(=O)O)C(=O)O)C(=O)O)NC(=O)Cc1ccc(I)cc1. The van der Waals surface area contributed by atoms with E-state index in [1.165, 1.54) is 0 Å². The molecule has 0 bridgehead atoms. The molecule has 3 amide bonds. The van der Waals surface area contributed by atoms with E-state index in [9.17, 15) is 29.1 Å². The normalized spacial score (nSPS) is 13.3. The first kappa shape index (κ1) is 27.1. The van der Waals surface area contributed by atoms with Crippen molar-refractivity contribution in [3.8, 4) is 0 Å². The lowest BCUT2D eigenvalue weighted by molar-refractivity contribution is -0.141. The highest BCUT2D eigenvalue weighted by Crippen LogP contribution is 2.08. The summed E-state index contributed by atoms with van der Waals surface area (Å²) < 4.78 is 1.05. The maximum Gasteiger partial charge on any atom is 0.326 e. The van der Waals surface area contributed by atoms with E-state index in [0.717, 1.165) is 9.13 Å². The van der Waals surface area contributed by atoms with Crippen LogP contribution in [0.25, 0.3) is 0 Å². The average Bonchev–Trinajstić information content (AvgIpc) is 2.69. The summed E-state index contributed by atoms with van der Waals surface area (Å²) in [6, 6.07) is 3.27. The summed E-state index contributed by atoms with van der Waals surface area (Å²) in [6.07, 6.45) is -0.409. The Morgan fingerprint density at radius 1 is 0.844 bits per heavy atom. The van der Waals surface area contributed by atoms with Crippen LogP contribution in [0.2, 0.25) is 0 Å². The second-order valence-electron chi connectivity index (χ2n) is 7.18. The van der Waals surface area contributed by atoms with Crippen LogP contribution in [0.15, 0.2) is 24.3 Å². The summed E-state index contributed by atoms with van der Waals surface area (Å²) in [5.41, 5.74) is 0.841. The number of carboxylic acids is 3. The zero-order valence-corrected chi connectivity index (χ0v) is 19.5. The number of rotatable bonds is 13. The number of nitrogens with one attached hydrogen (secondary N) is 3. The van der Waals surface area contributed by atoms with Crippen LogP contribution in [0.1, 0.15) is 38.2 Å². The van der Waals surface area contributed by atoms with Crippen LogP contribution in [0.5, 0.6) is 0 Å². The van der Waals surface area contributed by atoms with Crippen molar-refractivity contribution in [2.75, 3.05) is 0 Å². The van der Waals surface area contributed by atoms with Crippen LogP contribution in [-0.2, 0) is 25.6 Å². The molecule has 0 saturated carbocycles. The number of urea groups is 1. The minimum atomic E-state index is -1.47. The topological polar surface area (TPSA) is 182 Å². The Hall–Kier alpha value is -2.90. The molecule has 0 fully saturated rings.